The number of nitrogens with zero attached hydrogens (tertiary/aromatic N) is 1. The predicted octanol–water partition coefficient (Wildman–Crippen LogP) is 2.90. The first-order valence-corrected chi connectivity index (χ1v) is 8.06. The Kier molecular flexibility index (Phi) is 4.32. The van der Waals surface area contributed by atoms with Crippen molar-refractivity contribution in [3.8, 4) is 5.75 Å². The summed E-state index contributed by atoms with van der Waals surface area (Å²) in [5, 5.41) is 3.30. The number of carbonyl (C=O) groups is 1. The zero-order valence-electron chi connectivity index (χ0n) is 12.7. The summed E-state index contributed by atoms with van der Waals surface area (Å²) in [5.74, 6) is 1.69. The molecule has 0 aliphatic carbocycles. The van der Waals surface area contributed by atoms with E-state index in [1.54, 1.807) is 0 Å². The van der Waals surface area contributed by atoms with Crippen LogP contribution in [0.3, 0.4) is 0 Å². The highest BCUT2D eigenvalue weighted by atomic mass is 16.5. The maximum absolute atomic E-state index is 12.7. The quantitative estimate of drug-likeness (QED) is 0.910. The van der Waals surface area contributed by atoms with Crippen LogP contribution < -0.4 is 10.1 Å². The van der Waals surface area contributed by atoms with Gasteiger partial charge in [0.2, 0.25) is 0 Å². The first-order chi connectivity index (χ1) is 10.3. The summed E-state index contributed by atoms with van der Waals surface area (Å²) >= 11 is 0. The van der Waals surface area contributed by atoms with Crippen LogP contribution in [0.2, 0.25) is 0 Å². The minimum Gasteiger partial charge on any atom is -0.477 e. The van der Waals surface area contributed by atoms with Crippen molar-refractivity contribution >= 4 is 11.6 Å². The van der Waals surface area contributed by atoms with Crippen LogP contribution in [0.1, 0.15) is 32.6 Å². The number of fused-ring (bicyclic) bond motifs is 1. The van der Waals surface area contributed by atoms with Crippen LogP contribution in [0.25, 0.3) is 0 Å². The van der Waals surface area contributed by atoms with Crippen LogP contribution in [0, 0.1) is 5.92 Å². The molecule has 2 unspecified atom stereocenters. The van der Waals surface area contributed by atoms with Gasteiger partial charge in [-0.05, 0) is 37.3 Å². The Hall–Kier alpha value is -1.71. The van der Waals surface area contributed by atoms with Gasteiger partial charge >= 0.3 is 0 Å². The lowest BCUT2D eigenvalue weighted by molar-refractivity contribution is -0.138. The molecule has 2 atom stereocenters. The number of nitrogens with one attached hydrogen (secondary N) is 1. The number of likely N-dealkylation sites (tertiary alicyclic amines) is 1. The van der Waals surface area contributed by atoms with E-state index in [-0.39, 0.29) is 5.91 Å². The van der Waals surface area contributed by atoms with Gasteiger partial charge in [0.1, 0.15) is 5.75 Å². The molecule has 21 heavy (non-hydrogen) atoms. The highest BCUT2D eigenvalue weighted by molar-refractivity contribution is 5.83. The fourth-order valence-electron chi connectivity index (χ4n) is 3.25. The lowest BCUT2D eigenvalue weighted by Crippen LogP contribution is -2.47. The second-order valence-corrected chi connectivity index (χ2v) is 6.01. The molecule has 2 heterocycles. The topological polar surface area (TPSA) is 41.6 Å². The van der Waals surface area contributed by atoms with E-state index in [9.17, 15) is 4.79 Å². The standard InChI is InChI=1S/C17H24N2O2/c1-2-13-6-5-10-19(11-9-13)17(20)16-12-18-14-7-3-4-8-15(14)21-16/h3-4,7-8,13,16,18H,2,5-6,9-12H2,1H3. The Morgan fingerprint density at radius 1 is 1.33 bits per heavy atom. The molecule has 4 heteroatoms. The largest absolute Gasteiger partial charge is 0.477 e. The molecule has 1 saturated heterocycles. The van der Waals surface area contributed by atoms with E-state index >= 15 is 0 Å². The monoisotopic (exact) mass is 288 g/mol. The number of anilines is 1. The van der Waals surface area contributed by atoms with Gasteiger partial charge in [-0.2, -0.15) is 0 Å². The first-order valence-electron chi connectivity index (χ1n) is 8.06. The second kappa shape index (κ2) is 6.37. The lowest BCUT2D eigenvalue weighted by Gasteiger charge is -2.30. The average molecular weight is 288 g/mol. The van der Waals surface area contributed by atoms with Crippen LogP contribution in [-0.2, 0) is 4.79 Å². The van der Waals surface area contributed by atoms with Crippen molar-refractivity contribution in [2.24, 2.45) is 5.92 Å². The smallest absolute Gasteiger partial charge is 0.265 e. The van der Waals surface area contributed by atoms with E-state index in [1.165, 1.54) is 12.8 Å². The number of hydrogen-bond donors (Lipinski definition) is 1. The van der Waals surface area contributed by atoms with Crippen molar-refractivity contribution < 1.29 is 9.53 Å². The van der Waals surface area contributed by atoms with E-state index in [0.717, 1.165) is 43.3 Å². The van der Waals surface area contributed by atoms with Gasteiger partial charge in [0.25, 0.3) is 5.91 Å². The van der Waals surface area contributed by atoms with Crippen LogP contribution in [-0.4, -0.2) is 36.5 Å². The Bertz CT molecular complexity index is 503. The van der Waals surface area contributed by atoms with Gasteiger partial charge in [0.05, 0.1) is 12.2 Å². The summed E-state index contributed by atoms with van der Waals surface area (Å²) in [6.45, 7) is 4.55. The van der Waals surface area contributed by atoms with E-state index in [4.69, 9.17) is 4.74 Å². The van der Waals surface area contributed by atoms with Crippen molar-refractivity contribution in [2.45, 2.75) is 38.7 Å². The Morgan fingerprint density at radius 3 is 3.05 bits per heavy atom. The zero-order chi connectivity index (χ0) is 14.7. The highest BCUT2D eigenvalue weighted by Crippen LogP contribution is 2.29. The van der Waals surface area contributed by atoms with Crippen molar-refractivity contribution in [1.82, 2.24) is 4.90 Å². The van der Waals surface area contributed by atoms with Gasteiger partial charge in [-0.1, -0.05) is 25.5 Å². The molecule has 3 rings (SSSR count). The highest BCUT2D eigenvalue weighted by Gasteiger charge is 2.30. The molecule has 1 fully saturated rings. The van der Waals surface area contributed by atoms with E-state index in [2.05, 4.69) is 12.2 Å². The van der Waals surface area contributed by atoms with Gasteiger partial charge < -0.3 is 15.0 Å². The third-order valence-electron chi connectivity index (χ3n) is 4.65. The molecule has 1 amide bonds. The Labute approximate surface area is 126 Å². The summed E-state index contributed by atoms with van der Waals surface area (Å²) < 4.78 is 5.89. The van der Waals surface area contributed by atoms with Gasteiger partial charge in [-0.25, -0.2) is 0 Å². The summed E-state index contributed by atoms with van der Waals surface area (Å²) in [4.78, 5) is 14.7. The van der Waals surface area contributed by atoms with Gasteiger partial charge in [0.15, 0.2) is 6.10 Å². The number of rotatable bonds is 2. The van der Waals surface area contributed by atoms with E-state index in [1.807, 2.05) is 29.2 Å². The van der Waals surface area contributed by atoms with Gasteiger partial charge in [-0.3, -0.25) is 4.79 Å². The minimum absolute atomic E-state index is 0.133. The molecule has 4 nitrogen and oxygen atoms in total. The zero-order valence-corrected chi connectivity index (χ0v) is 12.7. The summed E-state index contributed by atoms with van der Waals surface area (Å²) in [7, 11) is 0. The van der Waals surface area contributed by atoms with Crippen molar-refractivity contribution in [1.29, 1.82) is 0 Å². The number of carbonyl (C=O) groups excluding carboxylic acids is 1. The number of para-hydroxylation sites is 2. The van der Waals surface area contributed by atoms with E-state index < -0.39 is 6.10 Å². The molecule has 0 spiro atoms. The van der Waals surface area contributed by atoms with Gasteiger partial charge in [0, 0.05) is 13.1 Å². The van der Waals surface area contributed by atoms with E-state index in [0.29, 0.717) is 6.54 Å². The molecule has 2 aliphatic heterocycles. The lowest BCUT2D eigenvalue weighted by atomic mass is 9.98. The second-order valence-electron chi connectivity index (χ2n) is 6.01. The maximum atomic E-state index is 12.7. The van der Waals surface area contributed by atoms with Crippen molar-refractivity contribution in [2.75, 3.05) is 25.0 Å². The molecule has 0 saturated carbocycles. The third-order valence-corrected chi connectivity index (χ3v) is 4.65. The molecular weight excluding hydrogens is 264 g/mol. The molecule has 2 aliphatic rings. The van der Waals surface area contributed by atoms with Crippen LogP contribution in [0.5, 0.6) is 5.75 Å². The molecule has 1 N–H and O–H groups in total. The Morgan fingerprint density at radius 2 is 2.19 bits per heavy atom. The van der Waals surface area contributed by atoms with Crippen molar-refractivity contribution in [3.05, 3.63) is 24.3 Å². The summed E-state index contributed by atoms with van der Waals surface area (Å²) in [6.07, 6.45) is 4.31. The molecule has 1 aromatic carbocycles. The number of ether oxygens (including phenoxy) is 1. The molecule has 1 aromatic rings. The summed E-state index contributed by atoms with van der Waals surface area (Å²) in [6, 6.07) is 7.80. The molecule has 0 radical (unpaired) electrons. The van der Waals surface area contributed by atoms with Crippen LogP contribution >= 0.6 is 0 Å². The normalized spacial score (nSPS) is 25.3. The molecule has 114 valence electrons. The molecule has 0 aromatic heterocycles. The van der Waals surface area contributed by atoms with Crippen molar-refractivity contribution in [3.63, 3.8) is 0 Å². The SMILES string of the molecule is CCC1CCCN(C(=O)C2CNc3ccccc3O2)CC1. The number of benzene rings is 1. The Balaban J connectivity index is 1.64. The maximum Gasteiger partial charge on any atom is 0.265 e. The van der Waals surface area contributed by atoms with Crippen LogP contribution in [0.15, 0.2) is 24.3 Å². The molecular formula is C17H24N2O2. The van der Waals surface area contributed by atoms with Crippen LogP contribution in [0.4, 0.5) is 5.69 Å². The fraction of sp³-hybridized carbons (Fsp3) is 0.588. The molecule has 0 bridgehead atoms. The van der Waals surface area contributed by atoms with Gasteiger partial charge in [-0.15, -0.1) is 0 Å². The minimum atomic E-state index is -0.391. The third kappa shape index (κ3) is 3.14. The first kappa shape index (κ1) is 14.2. The summed E-state index contributed by atoms with van der Waals surface area (Å²) in [5.41, 5.74) is 0.975. The number of hydrogen-bond acceptors (Lipinski definition) is 3. The fourth-order valence-corrected chi connectivity index (χ4v) is 3.25. The number of amides is 1. The predicted molar refractivity (Wildman–Crippen MR) is 83.6 cm³/mol. The average Bonchev–Trinajstić information content (AvgIpc) is 2.79.